The van der Waals surface area contributed by atoms with Gasteiger partial charge in [-0.1, -0.05) is 45.7 Å². The van der Waals surface area contributed by atoms with Crippen molar-refractivity contribution in [2.45, 2.75) is 78.9 Å². The van der Waals surface area contributed by atoms with Gasteiger partial charge in [-0.05, 0) is 50.8 Å². The van der Waals surface area contributed by atoms with Crippen LogP contribution in [0.25, 0.3) is 0 Å². The maximum absolute atomic E-state index is 12.3. The zero-order chi connectivity index (χ0) is 24.8. The molecule has 182 valence electrons. The van der Waals surface area contributed by atoms with E-state index in [4.69, 9.17) is 26.1 Å². The molecular formula is C24H35ClN4O3S. The summed E-state index contributed by atoms with van der Waals surface area (Å²) in [5, 5.41) is 4.80. The van der Waals surface area contributed by atoms with Crippen molar-refractivity contribution in [3.8, 4) is 5.75 Å². The number of benzene rings is 1. The molecule has 1 amide bonds. The Hall–Kier alpha value is -2.32. The number of thiazole rings is 1. The molecule has 2 rings (SSSR count). The molecule has 7 nitrogen and oxygen atoms in total. The lowest BCUT2D eigenvalue weighted by atomic mass is 9.95. The number of hydrazone groups is 1. The van der Waals surface area contributed by atoms with Crippen LogP contribution in [0.1, 0.15) is 71.7 Å². The van der Waals surface area contributed by atoms with Crippen LogP contribution in [0.5, 0.6) is 5.75 Å². The average molecular weight is 495 g/mol. The number of aryl methyl sites for hydroxylation is 1. The van der Waals surface area contributed by atoms with E-state index in [1.807, 2.05) is 0 Å². The van der Waals surface area contributed by atoms with E-state index in [1.54, 1.807) is 57.4 Å². The monoisotopic (exact) mass is 494 g/mol. The Kier molecular flexibility index (Phi) is 9.14. The van der Waals surface area contributed by atoms with Crippen LogP contribution in [0, 0.1) is 0 Å². The zero-order valence-electron chi connectivity index (χ0n) is 20.8. The first-order valence-corrected chi connectivity index (χ1v) is 12.2. The number of carbonyl (C=O) groups is 1. The van der Waals surface area contributed by atoms with E-state index in [0.29, 0.717) is 16.3 Å². The number of amides is 1. The Morgan fingerprint density at radius 1 is 1.21 bits per heavy atom. The van der Waals surface area contributed by atoms with Gasteiger partial charge in [0.2, 0.25) is 0 Å². The predicted molar refractivity (Wildman–Crippen MR) is 135 cm³/mol. The van der Waals surface area contributed by atoms with Crippen LogP contribution in [-0.2, 0) is 16.7 Å². The van der Waals surface area contributed by atoms with Crippen LogP contribution >= 0.6 is 22.9 Å². The maximum Gasteiger partial charge on any atom is 0.428 e. The summed E-state index contributed by atoms with van der Waals surface area (Å²) in [6.07, 6.45) is 3.57. The summed E-state index contributed by atoms with van der Waals surface area (Å²) in [5.74, 6) is 0.813. The molecule has 0 radical (unpaired) electrons. The number of aromatic nitrogens is 1. The van der Waals surface area contributed by atoms with Crippen LogP contribution < -0.4 is 15.0 Å². The molecular weight excluding hydrogens is 460 g/mol. The third-order valence-electron chi connectivity index (χ3n) is 4.47. The highest BCUT2D eigenvalue weighted by molar-refractivity contribution is 7.09. The fourth-order valence-electron chi connectivity index (χ4n) is 2.79. The molecule has 0 fully saturated rings. The van der Waals surface area contributed by atoms with Gasteiger partial charge in [0.1, 0.15) is 11.4 Å². The maximum atomic E-state index is 12.3. The minimum atomic E-state index is -0.670. The molecule has 0 saturated carbocycles. The van der Waals surface area contributed by atoms with E-state index in [2.05, 4.69) is 49.0 Å². The molecule has 33 heavy (non-hydrogen) atoms. The molecule has 0 aliphatic heterocycles. The fourth-order valence-corrected chi connectivity index (χ4v) is 4.04. The molecule has 0 spiro atoms. The second-order valence-corrected chi connectivity index (χ2v) is 11.1. The Bertz CT molecular complexity index is 1060. The van der Waals surface area contributed by atoms with E-state index in [0.717, 1.165) is 24.2 Å². The standard InChI is InChI=1S/C24H35ClN4O3S/c1-9-10-13-29-15-19(23(2,3)4)33-21(29)26-20(27-28-22(30)32-24(5,6)7)17-14-16(25)11-12-18(17)31-8/h11-12,14-15H,9-10,13H2,1-8H3,(H,28,30). The van der Waals surface area contributed by atoms with E-state index < -0.39 is 11.7 Å². The summed E-state index contributed by atoms with van der Waals surface area (Å²) in [7, 11) is 1.57. The van der Waals surface area contributed by atoms with Crippen molar-refractivity contribution in [1.29, 1.82) is 0 Å². The summed E-state index contributed by atoms with van der Waals surface area (Å²) < 4.78 is 13.0. The number of hydrogen-bond donors (Lipinski definition) is 1. The van der Waals surface area contributed by atoms with Crippen LogP contribution in [0.4, 0.5) is 4.79 Å². The molecule has 0 bridgehead atoms. The number of unbranched alkanes of at least 4 members (excludes halogenated alkanes) is 1. The number of ether oxygens (including phenoxy) is 2. The molecule has 9 heteroatoms. The second kappa shape index (κ2) is 11.2. The fraction of sp³-hybridized carbons (Fsp3) is 0.542. The highest BCUT2D eigenvalue weighted by atomic mass is 35.5. The Labute approximate surface area is 205 Å². The Morgan fingerprint density at radius 3 is 2.48 bits per heavy atom. The van der Waals surface area contributed by atoms with Crippen molar-refractivity contribution >= 4 is 34.9 Å². The third-order valence-corrected chi connectivity index (χ3v) is 6.15. The highest BCUT2D eigenvalue weighted by Crippen LogP contribution is 2.26. The summed E-state index contributed by atoms with van der Waals surface area (Å²) in [5.41, 5.74) is 2.35. The summed E-state index contributed by atoms with van der Waals surface area (Å²) in [6, 6.07) is 5.19. The van der Waals surface area contributed by atoms with Crippen molar-refractivity contribution in [3.63, 3.8) is 0 Å². The lowest BCUT2D eigenvalue weighted by Crippen LogP contribution is -2.30. The first kappa shape index (κ1) is 26.9. The van der Waals surface area contributed by atoms with Crippen LogP contribution in [0.15, 0.2) is 34.5 Å². The average Bonchev–Trinajstić information content (AvgIpc) is 3.11. The predicted octanol–water partition coefficient (Wildman–Crippen LogP) is 6.10. The van der Waals surface area contributed by atoms with Gasteiger partial charge in [-0.25, -0.2) is 10.2 Å². The van der Waals surface area contributed by atoms with Gasteiger partial charge in [-0.3, -0.25) is 0 Å². The Balaban J connectivity index is 2.65. The summed E-state index contributed by atoms with van der Waals surface area (Å²) in [4.78, 5) is 19.1. The van der Waals surface area contributed by atoms with Crippen LogP contribution in [-0.4, -0.2) is 29.2 Å². The lowest BCUT2D eigenvalue weighted by molar-refractivity contribution is 0.0529. The smallest absolute Gasteiger partial charge is 0.428 e. The topological polar surface area (TPSA) is 77.2 Å². The number of halogens is 1. The molecule has 0 unspecified atom stereocenters. The third kappa shape index (κ3) is 8.19. The number of nitrogens with one attached hydrogen (secondary N) is 1. The van der Waals surface area contributed by atoms with Gasteiger partial charge < -0.3 is 14.0 Å². The molecule has 0 aliphatic rings. The normalized spacial score (nSPS) is 13.2. The van der Waals surface area contributed by atoms with E-state index in [9.17, 15) is 4.79 Å². The minimum Gasteiger partial charge on any atom is -0.496 e. The largest absolute Gasteiger partial charge is 0.496 e. The van der Waals surface area contributed by atoms with Gasteiger partial charge in [-0.2, -0.15) is 4.99 Å². The molecule has 1 aromatic heterocycles. The van der Waals surface area contributed by atoms with Gasteiger partial charge in [0.25, 0.3) is 0 Å². The number of carbonyl (C=O) groups excluding carboxylic acids is 1. The van der Waals surface area contributed by atoms with E-state index >= 15 is 0 Å². The van der Waals surface area contributed by atoms with Gasteiger partial charge >= 0.3 is 6.09 Å². The molecule has 0 atom stereocenters. The lowest BCUT2D eigenvalue weighted by Gasteiger charge is -2.18. The van der Waals surface area contributed by atoms with Gasteiger partial charge in [0.05, 0.1) is 12.7 Å². The van der Waals surface area contributed by atoms with Crippen LogP contribution in [0.3, 0.4) is 0 Å². The summed E-state index contributed by atoms with van der Waals surface area (Å²) in [6.45, 7) is 14.9. The number of nitrogens with zero attached hydrogens (tertiary/aromatic N) is 3. The SMILES string of the molecule is CCCCn1cc(C(C)(C)C)sc1=NC(=NNC(=O)OC(C)(C)C)c1cc(Cl)ccc1OC. The van der Waals surface area contributed by atoms with Crippen molar-refractivity contribution in [2.75, 3.05) is 7.11 Å². The highest BCUT2D eigenvalue weighted by Gasteiger charge is 2.20. The van der Waals surface area contributed by atoms with Crippen molar-refractivity contribution in [3.05, 3.63) is 44.7 Å². The molecule has 1 N–H and O–H groups in total. The van der Waals surface area contributed by atoms with Gasteiger partial charge in [-0.15, -0.1) is 16.4 Å². The summed E-state index contributed by atoms with van der Waals surface area (Å²) >= 11 is 7.87. The molecule has 0 aliphatic carbocycles. The minimum absolute atomic E-state index is 0.0216. The number of hydrogen-bond acceptors (Lipinski definition) is 5. The molecule has 0 saturated heterocycles. The van der Waals surface area contributed by atoms with Crippen molar-refractivity contribution < 1.29 is 14.3 Å². The molecule has 2 aromatic rings. The first-order chi connectivity index (χ1) is 15.3. The van der Waals surface area contributed by atoms with Gasteiger partial charge in [0, 0.05) is 22.6 Å². The second-order valence-electron chi connectivity index (χ2n) is 9.68. The van der Waals surface area contributed by atoms with Gasteiger partial charge in [0.15, 0.2) is 10.6 Å². The number of rotatable bonds is 6. The number of amidine groups is 1. The Morgan fingerprint density at radius 2 is 1.91 bits per heavy atom. The molecule has 1 heterocycles. The first-order valence-electron chi connectivity index (χ1n) is 11.0. The quantitative estimate of drug-likeness (QED) is 0.299. The van der Waals surface area contributed by atoms with E-state index in [-0.39, 0.29) is 11.3 Å². The number of methoxy groups -OCH3 is 1. The van der Waals surface area contributed by atoms with Crippen LogP contribution in [0.2, 0.25) is 5.02 Å². The van der Waals surface area contributed by atoms with Crippen molar-refractivity contribution in [1.82, 2.24) is 9.99 Å². The van der Waals surface area contributed by atoms with E-state index in [1.165, 1.54) is 4.88 Å². The molecule has 1 aromatic carbocycles. The zero-order valence-corrected chi connectivity index (χ0v) is 22.4. The van der Waals surface area contributed by atoms with Crippen molar-refractivity contribution in [2.24, 2.45) is 10.1 Å².